The number of hydrogen-bond acceptors (Lipinski definition) is 5. The molecule has 6 heteroatoms. The largest absolute Gasteiger partial charge is 0.497 e. The highest BCUT2D eigenvalue weighted by Crippen LogP contribution is 2.18. The van der Waals surface area contributed by atoms with Crippen LogP contribution in [-0.2, 0) is 0 Å². The molecule has 1 aromatic carbocycles. The summed E-state index contributed by atoms with van der Waals surface area (Å²) >= 11 is 0. The van der Waals surface area contributed by atoms with E-state index in [1.54, 1.807) is 31.5 Å². The van der Waals surface area contributed by atoms with Gasteiger partial charge in [0.1, 0.15) is 11.6 Å². The van der Waals surface area contributed by atoms with Crippen LogP contribution in [0.1, 0.15) is 37.0 Å². The molecular weight excluding hydrogens is 364 g/mol. The van der Waals surface area contributed by atoms with E-state index >= 15 is 0 Å². The summed E-state index contributed by atoms with van der Waals surface area (Å²) in [5.74, 6) is 2.20. The number of amides is 1. The maximum atomic E-state index is 12.4. The zero-order valence-corrected chi connectivity index (χ0v) is 17.7. The third kappa shape index (κ3) is 6.19. The molecule has 0 spiro atoms. The van der Waals surface area contributed by atoms with Crippen LogP contribution in [0.5, 0.6) is 5.75 Å². The Kier molecular flexibility index (Phi) is 7.47. The van der Waals surface area contributed by atoms with Gasteiger partial charge in [0, 0.05) is 25.2 Å². The van der Waals surface area contributed by atoms with E-state index in [2.05, 4.69) is 33.9 Å². The lowest BCUT2D eigenvalue weighted by Crippen LogP contribution is -2.32. The van der Waals surface area contributed by atoms with Crippen molar-refractivity contribution in [3.8, 4) is 5.75 Å². The molecule has 0 saturated carbocycles. The summed E-state index contributed by atoms with van der Waals surface area (Å²) in [6, 6.07) is 11.0. The third-order valence-electron chi connectivity index (χ3n) is 5.27. The summed E-state index contributed by atoms with van der Waals surface area (Å²) in [5.41, 5.74) is 1.25. The Morgan fingerprint density at radius 1 is 1.17 bits per heavy atom. The van der Waals surface area contributed by atoms with Crippen LogP contribution in [0.2, 0.25) is 0 Å². The van der Waals surface area contributed by atoms with Crippen LogP contribution in [0.4, 0.5) is 11.5 Å². The molecule has 0 atom stereocenters. The molecule has 156 valence electrons. The van der Waals surface area contributed by atoms with Crippen molar-refractivity contribution in [1.29, 1.82) is 0 Å². The average Bonchev–Trinajstić information content (AvgIpc) is 2.98. The molecule has 3 rings (SSSR count). The molecule has 1 fully saturated rings. The number of carbonyl (C=O) groups is 1. The number of anilines is 2. The summed E-state index contributed by atoms with van der Waals surface area (Å²) < 4.78 is 5.18. The van der Waals surface area contributed by atoms with Gasteiger partial charge in [-0.1, -0.05) is 19.9 Å². The van der Waals surface area contributed by atoms with Crippen LogP contribution in [0, 0.1) is 5.92 Å². The minimum atomic E-state index is -0.172. The maximum absolute atomic E-state index is 12.4. The van der Waals surface area contributed by atoms with Gasteiger partial charge in [0.2, 0.25) is 0 Å². The zero-order valence-electron chi connectivity index (χ0n) is 17.7. The van der Waals surface area contributed by atoms with Gasteiger partial charge >= 0.3 is 0 Å². The maximum Gasteiger partial charge on any atom is 0.255 e. The highest BCUT2D eigenvalue weighted by atomic mass is 16.5. The number of methoxy groups -OCH3 is 1. The lowest BCUT2D eigenvalue weighted by molar-refractivity contribution is 0.102. The Bertz CT molecular complexity index is 792. The quantitative estimate of drug-likeness (QED) is 0.769. The van der Waals surface area contributed by atoms with Crippen molar-refractivity contribution < 1.29 is 9.53 Å². The molecule has 2 aromatic rings. The second-order valence-corrected chi connectivity index (χ2v) is 7.96. The monoisotopic (exact) mass is 396 g/mol. The number of benzene rings is 1. The highest BCUT2D eigenvalue weighted by Gasteiger charge is 2.16. The molecule has 1 saturated heterocycles. The predicted molar refractivity (Wildman–Crippen MR) is 118 cm³/mol. The van der Waals surface area contributed by atoms with Crippen LogP contribution in [0.15, 0.2) is 42.6 Å². The molecule has 1 amide bonds. The molecular formula is C23H32N4O2. The Balaban J connectivity index is 1.56. The fraction of sp³-hybridized carbons (Fsp3) is 0.478. The van der Waals surface area contributed by atoms with Crippen molar-refractivity contribution in [2.45, 2.75) is 26.7 Å². The van der Waals surface area contributed by atoms with Gasteiger partial charge < -0.3 is 19.9 Å². The van der Waals surface area contributed by atoms with Crippen LogP contribution in [0.25, 0.3) is 0 Å². The molecule has 6 nitrogen and oxygen atoms in total. The van der Waals surface area contributed by atoms with Gasteiger partial charge in [-0.3, -0.25) is 4.79 Å². The molecule has 29 heavy (non-hydrogen) atoms. The topological polar surface area (TPSA) is 57.7 Å². The number of carbonyl (C=O) groups excluding carboxylic acids is 1. The lowest BCUT2D eigenvalue weighted by Gasteiger charge is -2.23. The number of nitrogens with one attached hydrogen (secondary N) is 1. The molecule has 1 aliphatic heterocycles. The van der Waals surface area contributed by atoms with Crippen molar-refractivity contribution in [2.24, 2.45) is 5.92 Å². The van der Waals surface area contributed by atoms with Crippen LogP contribution in [-0.4, -0.2) is 55.6 Å². The van der Waals surface area contributed by atoms with Crippen LogP contribution < -0.4 is 15.0 Å². The molecule has 2 heterocycles. The van der Waals surface area contributed by atoms with E-state index in [1.807, 2.05) is 18.2 Å². The Labute approximate surface area is 173 Å². The first kappa shape index (κ1) is 21.1. The van der Waals surface area contributed by atoms with Gasteiger partial charge in [-0.15, -0.1) is 0 Å². The lowest BCUT2D eigenvalue weighted by atomic mass is 10.1. The Morgan fingerprint density at radius 2 is 2.03 bits per heavy atom. The van der Waals surface area contributed by atoms with E-state index in [4.69, 9.17) is 4.74 Å². The second kappa shape index (κ2) is 10.3. The molecule has 0 unspecified atom stereocenters. The Hall–Kier alpha value is -2.60. The van der Waals surface area contributed by atoms with Crippen LogP contribution >= 0.6 is 0 Å². The number of hydrogen-bond donors (Lipinski definition) is 1. The van der Waals surface area contributed by atoms with Crippen molar-refractivity contribution in [3.05, 3.63) is 48.2 Å². The normalized spacial score (nSPS) is 15.2. The van der Waals surface area contributed by atoms with Crippen molar-refractivity contribution >= 4 is 17.4 Å². The SMILES string of the molecule is COc1cccc(C(=O)Nc2ccc(N3CCCN(CCC(C)C)CC3)nc2)c1. The van der Waals surface area contributed by atoms with E-state index in [0.29, 0.717) is 17.0 Å². The van der Waals surface area contributed by atoms with Crippen molar-refractivity contribution in [1.82, 2.24) is 9.88 Å². The minimum Gasteiger partial charge on any atom is -0.497 e. The average molecular weight is 397 g/mol. The number of pyridine rings is 1. The fourth-order valence-electron chi connectivity index (χ4n) is 3.48. The standard InChI is InChI=1S/C23H32N4O2/c1-18(2)10-13-26-11-5-12-27(15-14-26)22-9-8-20(17-24-22)25-23(28)19-6-4-7-21(16-19)29-3/h4,6-9,16-18H,5,10-15H2,1-3H3,(H,25,28). The van der Waals surface area contributed by atoms with E-state index < -0.39 is 0 Å². The summed E-state index contributed by atoms with van der Waals surface area (Å²) in [5, 5.41) is 2.90. The molecule has 1 aromatic heterocycles. The van der Waals surface area contributed by atoms with E-state index in [-0.39, 0.29) is 5.91 Å². The van der Waals surface area contributed by atoms with Gasteiger partial charge in [0.25, 0.3) is 5.91 Å². The molecule has 0 radical (unpaired) electrons. The highest BCUT2D eigenvalue weighted by molar-refractivity contribution is 6.04. The first-order chi connectivity index (χ1) is 14.0. The van der Waals surface area contributed by atoms with Crippen LogP contribution in [0.3, 0.4) is 0 Å². The van der Waals surface area contributed by atoms with Gasteiger partial charge in [-0.2, -0.15) is 0 Å². The summed E-state index contributed by atoms with van der Waals surface area (Å²) in [6.45, 7) is 9.96. The zero-order chi connectivity index (χ0) is 20.6. The number of rotatable bonds is 7. The molecule has 1 aliphatic rings. The molecule has 1 N–H and O–H groups in total. The predicted octanol–water partition coefficient (Wildman–Crippen LogP) is 3.90. The fourth-order valence-corrected chi connectivity index (χ4v) is 3.48. The van der Waals surface area contributed by atoms with Crippen molar-refractivity contribution in [2.75, 3.05) is 50.1 Å². The van der Waals surface area contributed by atoms with Gasteiger partial charge in [-0.25, -0.2) is 4.98 Å². The summed E-state index contributed by atoms with van der Waals surface area (Å²) in [7, 11) is 1.59. The third-order valence-corrected chi connectivity index (χ3v) is 5.27. The number of ether oxygens (including phenoxy) is 1. The first-order valence-corrected chi connectivity index (χ1v) is 10.4. The first-order valence-electron chi connectivity index (χ1n) is 10.4. The number of nitrogens with zero attached hydrogens (tertiary/aromatic N) is 3. The van der Waals surface area contributed by atoms with E-state index in [9.17, 15) is 4.79 Å². The minimum absolute atomic E-state index is 0.172. The Morgan fingerprint density at radius 3 is 2.76 bits per heavy atom. The van der Waals surface area contributed by atoms with Gasteiger partial charge in [0.15, 0.2) is 0 Å². The molecule has 0 bridgehead atoms. The number of aromatic nitrogens is 1. The van der Waals surface area contributed by atoms with E-state index in [0.717, 1.165) is 44.3 Å². The van der Waals surface area contributed by atoms with Crippen molar-refractivity contribution in [3.63, 3.8) is 0 Å². The second-order valence-electron chi connectivity index (χ2n) is 7.96. The van der Waals surface area contributed by atoms with Gasteiger partial charge in [-0.05, 0) is 62.2 Å². The van der Waals surface area contributed by atoms with E-state index in [1.165, 1.54) is 13.0 Å². The molecule has 0 aliphatic carbocycles. The smallest absolute Gasteiger partial charge is 0.255 e. The van der Waals surface area contributed by atoms with Gasteiger partial charge in [0.05, 0.1) is 19.0 Å². The summed E-state index contributed by atoms with van der Waals surface area (Å²) in [6.07, 6.45) is 4.13. The summed E-state index contributed by atoms with van der Waals surface area (Å²) in [4.78, 5) is 21.9.